The Balaban J connectivity index is 3.99. The second-order valence-electron chi connectivity index (χ2n) is 14.5. The molecule has 1 N–H and O–H groups in total. The van der Waals surface area contributed by atoms with E-state index in [0.29, 0.717) is 12.8 Å². The monoisotopic (exact) mass is 757 g/mol. The van der Waals surface area contributed by atoms with Gasteiger partial charge in [0.05, 0.1) is 6.61 Å². The molecule has 2 unspecified atom stereocenters. The number of hydrogen-bond donors (Lipinski definition) is 1. The first-order valence-corrected chi connectivity index (χ1v) is 23.0. The smallest absolute Gasteiger partial charge is 0.462 e. The van der Waals surface area contributed by atoms with Gasteiger partial charge in [-0.2, -0.15) is 0 Å². The Labute approximate surface area is 320 Å². The van der Waals surface area contributed by atoms with Crippen molar-refractivity contribution < 1.29 is 37.6 Å². The van der Waals surface area contributed by atoms with Crippen LogP contribution >= 0.6 is 7.82 Å². The quantitative estimate of drug-likeness (QED) is 0.0285. The van der Waals surface area contributed by atoms with Gasteiger partial charge < -0.3 is 14.4 Å². The number of rotatable bonds is 40. The largest absolute Gasteiger partial charge is 0.472 e. The summed E-state index contributed by atoms with van der Waals surface area (Å²) >= 11 is 0. The molecule has 306 valence electrons. The Morgan fingerprint density at radius 3 is 1.37 bits per heavy atom. The fourth-order valence-electron chi connectivity index (χ4n) is 6.10. The zero-order chi connectivity index (χ0) is 38.2. The van der Waals surface area contributed by atoms with Crippen molar-refractivity contribution in [2.45, 2.75) is 219 Å². The number of phosphoric acid groups is 1. The molecular weight excluding hydrogens is 675 g/mol. The lowest BCUT2D eigenvalue weighted by atomic mass is 10.0. The molecule has 0 fully saturated rings. The zero-order valence-corrected chi connectivity index (χ0v) is 34.9. The molecule has 0 aliphatic carbocycles. The van der Waals surface area contributed by atoms with Crippen molar-refractivity contribution >= 4 is 19.8 Å². The van der Waals surface area contributed by atoms with E-state index in [0.717, 1.165) is 58.5 Å². The number of carbonyl (C=O) groups is 2. The van der Waals surface area contributed by atoms with E-state index < -0.39 is 26.5 Å². The second-order valence-corrected chi connectivity index (χ2v) is 16.0. The molecule has 0 saturated carbocycles. The van der Waals surface area contributed by atoms with Crippen LogP contribution in [0.1, 0.15) is 213 Å². The van der Waals surface area contributed by atoms with Crippen molar-refractivity contribution in [1.82, 2.24) is 0 Å². The predicted octanol–water partition coefficient (Wildman–Crippen LogP) is 13.5. The average molecular weight is 757 g/mol. The van der Waals surface area contributed by atoms with E-state index in [2.05, 4.69) is 42.7 Å². The van der Waals surface area contributed by atoms with Gasteiger partial charge in [0.1, 0.15) is 6.61 Å². The maximum Gasteiger partial charge on any atom is 0.472 e. The lowest BCUT2D eigenvalue weighted by Gasteiger charge is -2.19. The maximum atomic E-state index is 12.5. The molecule has 0 aromatic carbocycles. The standard InChI is InChI=1S/C43H81O8P/c1-4-6-8-10-12-14-16-18-20-21-22-24-26-28-30-32-34-36-38-43(45)51-41(40-50-52(46,47)48-3)39-49-42(44)37-35-33-31-29-27-25-23-19-17-15-13-11-9-7-5-2/h14,16,20-21,41H,4-13,15,17-19,22-40H2,1-3H3,(H,46,47)/b16-14-,21-20-. The van der Waals surface area contributed by atoms with E-state index in [4.69, 9.17) is 14.0 Å². The van der Waals surface area contributed by atoms with Gasteiger partial charge >= 0.3 is 19.8 Å². The van der Waals surface area contributed by atoms with Crippen molar-refractivity contribution in [3.63, 3.8) is 0 Å². The van der Waals surface area contributed by atoms with Gasteiger partial charge in [0, 0.05) is 20.0 Å². The van der Waals surface area contributed by atoms with Gasteiger partial charge in [0.25, 0.3) is 0 Å². The first-order chi connectivity index (χ1) is 25.3. The third-order valence-corrected chi connectivity index (χ3v) is 10.4. The normalized spacial score (nSPS) is 13.5. The van der Waals surface area contributed by atoms with Gasteiger partial charge in [0.2, 0.25) is 0 Å². The summed E-state index contributed by atoms with van der Waals surface area (Å²) in [7, 11) is -3.20. The minimum Gasteiger partial charge on any atom is -0.462 e. The zero-order valence-electron chi connectivity index (χ0n) is 34.0. The van der Waals surface area contributed by atoms with E-state index in [1.54, 1.807) is 0 Å². The summed E-state index contributed by atoms with van der Waals surface area (Å²) in [5.74, 6) is -0.804. The predicted molar refractivity (Wildman–Crippen MR) is 216 cm³/mol. The average Bonchev–Trinajstić information content (AvgIpc) is 3.13. The molecule has 9 heteroatoms. The van der Waals surface area contributed by atoms with Crippen LogP contribution < -0.4 is 0 Å². The number of carbonyl (C=O) groups excluding carboxylic acids is 2. The summed E-state index contributed by atoms with van der Waals surface area (Å²) in [6, 6.07) is 0. The van der Waals surface area contributed by atoms with E-state index >= 15 is 0 Å². The number of phosphoric ester groups is 1. The molecule has 0 amide bonds. The minimum absolute atomic E-state index is 0.224. The fraction of sp³-hybridized carbons (Fsp3) is 0.860. The van der Waals surface area contributed by atoms with Gasteiger partial charge in [-0.15, -0.1) is 0 Å². The highest BCUT2D eigenvalue weighted by Crippen LogP contribution is 2.42. The summed E-state index contributed by atoms with van der Waals surface area (Å²) in [4.78, 5) is 34.5. The van der Waals surface area contributed by atoms with Crippen LogP contribution in [0.25, 0.3) is 0 Å². The van der Waals surface area contributed by atoms with Crippen LogP contribution in [0.5, 0.6) is 0 Å². The van der Waals surface area contributed by atoms with Crippen molar-refractivity contribution in [1.29, 1.82) is 0 Å². The van der Waals surface area contributed by atoms with Gasteiger partial charge in [-0.3, -0.25) is 18.6 Å². The first-order valence-electron chi connectivity index (χ1n) is 21.5. The molecule has 2 atom stereocenters. The van der Waals surface area contributed by atoms with E-state index in [9.17, 15) is 19.0 Å². The van der Waals surface area contributed by atoms with Crippen molar-refractivity contribution in [2.75, 3.05) is 20.3 Å². The fourth-order valence-corrected chi connectivity index (χ4v) is 6.56. The van der Waals surface area contributed by atoms with Crippen LogP contribution in [-0.4, -0.2) is 43.3 Å². The number of allylic oxidation sites excluding steroid dienone is 4. The van der Waals surface area contributed by atoms with Gasteiger partial charge in [-0.05, 0) is 44.9 Å². The van der Waals surface area contributed by atoms with Crippen LogP contribution in [-0.2, 0) is 32.7 Å². The van der Waals surface area contributed by atoms with Crippen LogP contribution in [0.2, 0.25) is 0 Å². The van der Waals surface area contributed by atoms with Crippen LogP contribution in [0.4, 0.5) is 0 Å². The van der Waals surface area contributed by atoms with E-state index in [1.807, 2.05) is 0 Å². The van der Waals surface area contributed by atoms with E-state index in [1.165, 1.54) is 128 Å². The molecule has 0 bridgehead atoms. The summed E-state index contributed by atoms with van der Waals surface area (Å²) in [6.07, 6.45) is 43.7. The summed E-state index contributed by atoms with van der Waals surface area (Å²) in [5, 5.41) is 0. The molecule has 52 heavy (non-hydrogen) atoms. The molecule has 8 nitrogen and oxygen atoms in total. The third-order valence-electron chi connectivity index (χ3n) is 9.45. The SMILES string of the molecule is CCCCCC/C=C\C/C=C\CCCCCCCCCC(=O)OC(COC(=O)CCCCCCCCCCCCCCCCC)COP(=O)(O)OC. The highest BCUT2D eigenvalue weighted by atomic mass is 31.2. The van der Waals surface area contributed by atoms with Crippen molar-refractivity contribution in [3.05, 3.63) is 24.3 Å². The van der Waals surface area contributed by atoms with Crippen LogP contribution in [0.15, 0.2) is 24.3 Å². The topological polar surface area (TPSA) is 108 Å². The molecule has 0 heterocycles. The third kappa shape index (κ3) is 38.3. The Morgan fingerprint density at radius 1 is 0.538 bits per heavy atom. The summed E-state index contributed by atoms with van der Waals surface area (Å²) in [5.41, 5.74) is 0. The maximum absolute atomic E-state index is 12.5. The molecule has 0 aliphatic heterocycles. The Bertz CT molecular complexity index is 906. The summed E-state index contributed by atoms with van der Waals surface area (Å²) < 4.78 is 32.0. The van der Waals surface area contributed by atoms with E-state index in [-0.39, 0.29) is 19.0 Å². The summed E-state index contributed by atoms with van der Waals surface area (Å²) in [6.45, 7) is 3.88. The molecule has 0 aliphatic rings. The first kappa shape index (κ1) is 50.5. The number of esters is 2. The lowest BCUT2D eigenvalue weighted by molar-refractivity contribution is -0.161. The highest BCUT2D eigenvalue weighted by Gasteiger charge is 2.24. The van der Waals surface area contributed by atoms with Crippen LogP contribution in [0, 0.1) is 0 Å². The van der Waals surface area contributed by atoms with Gasteiger partial charge in [0.15, 0.2) is 6.10 Å². The second kappa shape index (κ2) is 39.2. The van der Waals surface area contributed by atoms with Crippen molar-refractivity contribution in [3.8, 4) is 0 Å². The molecule has 0 aromatic heterocycles. The number of hydrogen-bond acceptors (Lipinski definition) is 7. The molecule has 0 aromatic rings. The van der Waals surface area contributed by atoms with Gasteiger partial charge in [-0.1, -0.05) is 179 Å². The molecule has 0 saturated heterocycles. The molecule has 0 radical (unpaired) electrons. The van der Waals surface area contributed by atoms with Crippen LogP contribution in [0.3, 0.4) is 0 Å². The van der Waals surface area contributed by atoms with Gasteiger partial charge in [-0.25, -0.2) is 4.57 Å². The Kier molecular flexibility index (Phi) is 38.1. The minimum atomic E-state index is -4.26. The number of ether oxygens (including phenoxy) is 2. The number of unbranched alkanes of at least 4 members (excludes halogenated alkanes) is 25. The highest BCUT2D eigenvalue weighted by molar-refractivity contribution is 7.47. The molecular formula is C43H81O8P. The lowest BCUT2D eigenvalue weighted by Crippen LogP contribution is -2.29. The molecule has 0 rings (SSSR count). The molecule has 0 spiro atoms. The Hall–Kier alpha value is -1.47. The Morgan fingerprint density at radius 2 is 0.923 bits per heavy atom. The van der Waals surface area contributed by atoms with Crippen molar-refractivity contribution in [2.24, 2.45) is 0 Å².